The van der Waals surface area contributed by atoms with Crippen molar-refractivity contribution in [3.05, 3.63) is 0 Å². The van der Waals surface area contributed by atoms with Gasteiger partial charge >= 0.3 is 6.09 Å². The van der Waals surface area contributed by atoms with Gasteiger partial charge in [-0.2, -0.15) is 0 Å². The number of methoxy groups -OCH3 is 1. The molecule has 1 fully saturated rings. The lowest BCUT2D eigenvalue weighted by Crippen LogP contribution is -2.51. The fourth-order valence-corrected chi connectivity index (χ4v) is 2.30. The van der Waals surface area contributed by atoms with E-state index in [4.69, 9.17) is 9.47 Å². The van der Waals surface area contributed by atoms with Gasteiger partial charge in [0.25, 0.3) is 0 Å². The molecule has 1 aliphatic heterocycles. The second-order valence-electron chi connectivity index (χ2n) is 5.13. The Morgan fingerprint density at radius 1 is 1.33 bits per heavy atom. The molecule has 2 N–H and O–H groups in total. The number of ether oxygens (including phenoxy) is 2. The number of hydrogen-bond donors (Lipinski definition) is 2. The molecule has 0 spiro atoms. The third-order valence-corrected chi connectivity index (χ3v) is 3.51. The number of nitrogens with zero attached hydrogens (tertiary/aromatic N) is 1. The van der Waals surface area contributed by atoms with Crippen LogP contribution in [0.15, 0.2) is 0 Å². The van der Waals surface area contributed by atoms with E-state index >= 15 is 0 Å². The normalized spacial score (nSPS) is 17.4. The van der Waals surface area contributed by atoms with E-state index < -0.39 is 0 Å². The minimum atomic E-state index is -0.249. The molecule has 1 atom stereocenters. The molecule has 7 nitrogen and oxygen atoms in total. The molecule has 2 amide bonds. The Morgan fingerprint density at radius 2 is 2.00 bits per heavy atom. The average Bonchev–Trinajstić information content (AvgIpc) is 2.48. The van der Waals surface area contributed by atoms with E-state index in [1.54, 1.807) is 18.9 Å². The summed E-state index contributed by atoms with van der Waals surface area (Å²) < 4.78 is 9.87. The van der Waals surface area contributed by atoms with Crippen molar-refractivity contribution in [1.82, 2.24) is 15.5 Å². The van der Waals surface area contributed by atoms with E-state index in [9.17, 15) is 9.59 Å². The highest BCUT2D eigenvalue weighted by Crippen LogP contribution is 2.12. The van der Waals surface area contributed by atoms with Crippen LogP contribution in [0, 0.1) is 0 Å². The number of rotatable bonds is 7. The maximum absolute atomic E-state index is 11.8. The Kier molecular flexibility index (Phi) is 8.07. The predicted octanol–water partition coefficient (Wildman–Crippen LogP) is 0.348. The maximum atomic E-state index is 11.8. The molecule has 122 valence electrons. The van der Waals surface area contributed by atoms with Crippen molar-refractivity contribution in [2.24, 2.45) is 0 Å². The predicted molar refractivity (Wildman–Crippen MR) is 79.1 cm³/mol. The third kappa shape index (κ3) is 6.31. The summed E-state index contributed by atoms with van der Waals surface area (Å²) in [6.07, 6.45) is 1.41. The summed E-state index contributed by atoms with van der Waals surface area (Å²) in [6, 6.07) is -0.000138. The molecule has 1 aliphatic rings. The molecule has 0 aromatic heterocycles. The molecule has 21 heavy (non-hydrogen) atoms. The quantitative estimate of drug-likeness (QED) is 0.663. The zero-order valence-electron chi connectivity index (χ0n) is 13.2. The monoisotopic (exact) mass is 301 g/mol. The van der Waals surface area contributed by atoms with Crippen LogP contribution < -0.4 is 10.6 Å². The van der Waals surface area contributed by atoms with Crippen molar-refractivity contribution < 1.29 is 19.1 Å². The van der Waals surface area contributed by atoms with Crippen molar-refractivity contribution in [2.45, 2.75) is 38.8 Å². The minimum Gasteiger partial charge on any atom is -0.450 e. The molecular formula is C14H27N3O4. The summed E-state index contributed by atoms with van der Waals surface area (Å²) in [7, 11) is 1.60. The number of likely N-dealkylation sites (tertiary alicyclic amines) is 1. The summed E-state index contributed by atoms with van der Waals surface area (Å²) >= 11 is 0. The van der Waals surface area contributed by atoms with E-state index in [0.29, 0.717) is 32.8 Å². The van der Waals surface area contributed by atoms with Gasteiger partial charge in [-0.3, -0.25) is 4.79 Å². The van der Waals surface area contributed by atoms with Crippen LogP contribution in [0.25, 0.3) is 0 Å². The van der Waals surface area contributed by atoms with Gasteiger partial charge in [0.2, 0.25) is 5.91 Å². The topological polar surface area (TPSA) is 79.9 Å². The zero-order chi connectivity index (χ0) is 15.7. The first-order chi connectivity index (χ1) is 10.1. The zero-order valence-corrected chi connectivity index (χ0v) is 13.2. The van der Waals surface area contributed by atoms with Crippen LogP contribution >= 0.6 is 0 Å². The van der Waals surface area contributed by atoms with Gasteiger partial charge < -0.3 is 25.0 Å². The molecule has 0 saturated carbocycles. The highest BCUT2D eigenvalue weighted by atomic mass is 16.6. The summed E-state index contributed by atoms with van der Waals surface area (Å²) in [5.74, 6) is -0.0279. The third-order valence-electron chi connectivity index (χ3n) is 3.51. The second kappa shape index (κ2) is 9.57. The fourth-order valence-electron chi connectivity index (χ4n) is 2.30. The highest BCUT2D eigenvalue weighted by Gasteiger charge is 2.25. The Hall–Kier alpha value is -1.34. The van der Waals surface area contributed by atoms with Gasteiger partial charge in [-0.05, 0) is 26.7 Å². The summed E-state index contributed by atoms with van der Waals surface area (Å²) in [4.78, 5) is 25.1. The second-order valence-corrected chi connectivity index (χ2v) is 5.13. The van der Waals surface area contributed by atoms with Crippen LogP contribution in [0.4, 0.5) is 4.79 Å². The van der Waals surface area contributed by atoms with Gasteiger partial charge in [0.15, 0.2) is 0 Å². The van der Waals surface area contributed by atoms with Crippen molar-refractivity contribution in [1.29, 1.82) is 0 Å². The van der Waals surface area contributed by atoms with Crippen molar-refractivity contribution in [3.8, 4) is 0 Å². The molecule has 0 aliphatic carbocycles. The number of hydrogen-bond acceptors (Lipinski definition) is 5. The van der Waals surface area contributed by atoms with Gasteiger partial charge in [0.05, 0.1) is 19.3 Å². The van der Waals surface area contributed by atoms with E-state index in [1.807, 2.05) is 6.92 Å². The van der Waals surface area contributed by atoms with Gasteiger partial charge in [-0.15, -0.1) is 0 Å². The number of carbonyl (C=O) groups is 2. The Bertz CT molecular complexity index is 330. The van der Waals surface area contributed by atoms with Crippen molar-refractivity contribution in [3.63, 3.8) is 0 Å². The first kappa shape index (κ1) is 17.7. The number of nitrogens with one attached hydrogen (secondary N) is 2. The van der Waals surface area contributed by atoms with Gasteiger partial charge in [-0.1, -0.05) is 0 Å². The molecule has 7 heteroatoms. The van der Waals surface area contributed by atoms with E-state index in [-0.39, 0.29) is 24.1 Å². The van der Waals surface area contributed by atoms with Gasteiger partial charge in [-0.25, -0.2) is 4.79 Å². The van der Waals surface area contributed by atoms with Gasteiger partial charge in [0.1, 0.15) is 0 Å². The summed E-state index contributed by atoms with van der Waals surface area (Å²) in [6.45, 7) is 6.40. The van der Waals surface area contributed by atoms with Crippen LogP contribution in [-0.4, -0.2) is 68.9 Å². The van der Waals surface area contributed by atoms with Crippen LogP contribution in [0.5, 0.6) is 0 Å². The molecule has 1 unspecified atom stereocenters. The van der Waals surface area contributed by atoms with Crippen LogP contribution in [0.2, 0.25) is 0 Å². The van der Waals surface area contributed by atoms with Crippen LogP contribution in [0.1, 0.15) is 26.7 Å². The average molecular weight is 301 g/mol. The molecule has 1 heterocycles. The Morgan fingerprint density at radius 3 is 2.57 bits per heavy atom. The summed E-state index contributed by atoms with van der Waals surface area (Å²) in [5, 5.41) is 6.11. The highest BCUT2D eigenvalue weighted by molar-refractivity contribution is 5.81. The molecule has 1 saturated heterocycles. The molecule has 0 radical (unpaired) electrons. The minimum absolute atomic E-state index is 0.0279. The number of piperidine rings is 1. The fraction of sp³-hybridized carbons (Fsp3) is 0.857. The number of amides is 2. The summed E-state index contributed by atoms with van der Waals surface area (Å²) in [5.41, 5.74) is 0. The van der Waals surface area contributed by atoms with E-state index in [0.717, 1.165) is 12.8 Å². The van der Waals surface area contributed by atoms with Crippen LogP contribution in [0.3, 0.4) is 0 Å². The lowest BCUT2D eigenvalue weighted by Gasteiger charge is -2.33. The molecule has 1 rings (SSSR count). The maximum Gasteiger partial charge on any atom is 0.409 e. The molecule has 0 bridgehead atoms. The standard InChI is InChI=1S/C14H27N3O4/c1-4-21-14(19)17-8-5-12(6-9-17)16-11(2)13(18)15-7-10-20-3/h11-12,16H,4-10H2,1-3H3,(H,15,18). The molecular weight excluding hydrogens is 274 g/mol. The first-order valence-corrected chi connectivity index (χ1v) is 7.52. The van der Waals surface area contributed by atoms with Crippen LogP contribution in [-0.2, 0) is 14.3 Å². The first-order valence-electron chi connectivity index (χ1n) is 7.52. The van der Waals surface area contributed by atoms with Gasteiger partial charge in [0, 0.05) is 32.8 Å². The lowest BCUT2D eigenvalue weighted by atomic mass is 10.0. The Balaban J connectivity index is 2.25. The molecule has 0 aromatic rings. The van der Waals surface area contributed by atoms with E-state index in [1.165, 1.54) is 0 Å². The lowest BCUT2D eigenvalue weighted by molar-refractivity contribution is -0.123. The Labute approximate surface area is 126 Å². The number of carbonyl (C=O) groups excluding carboxylic acids is 2. The van der Waals surface area contributed by atoms with Crippen molar-refractivity contribution in [2.75, 3.05) is 40.0 Å². The smallest absolute Gasteiger partial charge is 0.409 e. The SMILES string of the molecule is CCOC(=O)N1CCC(NC(C)C(=O)NCCOC)CC1. The largest absolute Gasteiger partial charge is 0.450 e. The molecule has 0 aromatic carbocycles. The van der Waals surface area contributed by atoms with E-state index in [2.05, 4.69) is 10.6 Å². The van der Waals surface area contributed by atoms with Crippen molar-refractivity contribution >= 4 is 12.0 Å².